The van der Waals surface area contributed by atoms with Crippen LogP contribution in [0.3, 0.4) is 0 Å². The van der Waals surface area contributed by atoms with Gasteiger partial charge in [0.2, 0.25) is 0 Å². The molecule has 19 heavy (non-hydrogen) atoms. The number of hydrogen-bond acceptors (Lipinski definition) is 6. The molecule has 0 aliphatic heterocycles. The third-order valence-corrected chi connectivity index (χ3v) is 2.33. The molecule has 2 rings (SSSR count). The summed E-state index contributed by atoms with van der Waals surface area (Å²) in [7, 11) is 0. The number of nitrogens with two attached hydrogens (primary N) is 1. The molecule has 0 aliphatic rings. The lowest BCUT2D eigenvalue weighted by Crippen LogP contribution is -2.15. The second-order valence-corrected chi connectivity index (χ2v) is 3.54. The van der Waals surface area contributed by atoms with Gasteiger partial charge >= 0.3 is 0 Å². The van der Waals surface area contributed by atoms with Gasteiger partial charge in [-0.15, -0.1) is 0 Å². The van der Waals surface area contributed by atoms with Crippen molar-refractivity contribution in [3.8, 4) is 0 Å². The molecule has 8 heteroatoms. The molecule has 1 amide bonds. The van der Waals surface area contributed by atoms with Crippen LogP contribution in [-0.2, 0) is 0 Å². The quantitative estimate of drug-likeness (QED) is 0.485. The van der Waals surface area contributed by atoms with E-state index >= 15 is 0 Å². The first-order valence-electron chi connectivity index (χ1n) is 5.20. The molecule has 0 aliphatic carbocycles. The van der Waals surface area contributed by atoms with Crippen molar-refractivity contribution < 1.29 is 9.72 Å². The van der Waals surface area contributed by atoms with E-state index in [0.29, 0.717) is 0 Å². The number of aromatic nitrogens is 2. The first kappa shape index (κ1) is 12.4. The number of nitrogens with zero attached hydrogens (tertiary/aromatic N) is 3. The molecule has 0 atom stereocenters. The molecular weight excluding hydrogens is 250 g/mol. The molecule has 0 radical (unpaired) electrons. The number of nitro groups is 1. The first-order chi connectivity index (χ1) is 9.09. The summed E-state index contributed by atoms with van der Waals surface area (Å²) >= 11 is 0. The number of carbonyl (C=O) groups is 1. The predicted molar refractivity (Wildman–Crippen MR) is 67.5 cm³/mol. The highest BCUT2D eigenvalue weighted by atomic mass is 16.6. The minimum absolute atomic E-state index is 0.0138. The molecule has 8 nitrogen and oxygen atoms in total. The van der Waals surface area contributed by atoms with E-state index in [0.717, 1.165) is 0 Å². The standard InChI is InChI=1S/C11H9N5O3/c12-10-7(2-1-3-8(10)16(18)19)11(17)15-9-6-13-4-5-14-9/h1-6H,12H2,(H,14,15,17). The van der Waals surface area contributed by atoms with Gasteiger partial charge in [-0.3, -0.25) is 19.9 Å². The van der Waals surface area contributed by atoms with Crippen LogP contribution >= 0.6 is 0 Å². The topological polar surface area (TPSA) is 124 Å². The van der Waals surface area contributed by atoms with Gasteiger partial charge in [-0.1, -0.05) is 6.07 Å². The van der Waals surface area contributed by atoms with Crippen molar-refractivity contribution in [2.24, 2.45) is 0 Å². The van der Waals surface area contributed by atoms with Gasteiger partial charge in [-0.25, -0.2) is 4.98 Å². The van der Waals surface area contributed by atoms with Crippen LogP contribution in [0, 0.1) is 10.1 Å². The zero-order valence-electron chi connectivity index (χ0n) is 9.61. The molecule has 0 spiro atoms. The second-order valence-electron chi connectivity index (χ2n) is 3.54. The van der Waals surface area contributed by atoms with E-state index in [1.807, 2.05) is 0 Å². The summed E-state index contributed by atoms with van der Waals surface area (Å²) in [5, 5.41) is 13.2. The van der Waals surface area contributed by atoms with E-state index in [2.05, 4.69) is 15.3 Å². The van der Waals surface area contributed by atoms with Crippen LogP contribution < -0.4 is 11.1 Å². The molecule has 1 heterocycles. The molecular formula is C11H9N5O3. The van der Waals surface area contributed by atoms with E-state index in [1.165, 1.54) is 36.8 Å². The minimum Gasteiger partial charge on any atom is -0.393 e. The third-order valence-electron chi connectivity index (χ3n) is 2.33. The summed E-state index contributed by atoms with van der Waals surface area (Å²) in [6.07, 6.45) is 4.22. The van der Waals surface area contributed by atoms with Gasteiger partial charge in [0.1, 0.15) is 5.69 Å². The van der Waals surface area contributed by atoms with Crippen molar-refractivity contribution in [1.29, 1.82) is 0 Å². The molecule has 0 saturated carbocycles. The first-order valence-corrected chi connectivity index (χ1v) is 5.20. The molecule has 0 bridgehead atoms. The van der Waals surface area contributed by atoms with Gasteiger partial charge < -0.3 is 11.1 Å². The largest absolute Gasteiger partial charge is 0.393 e. The van der Waals surface area contributed by atoms with Crippen molar-refractivity contribution in [3.05, 3.63) is 52.5 Å². The summed E-state index contributed by atoms with van der Waals surface area (Å²) in [6, 6.07) is 4.02. The normalized spacial score (nSPS) is 9.89. The number of anilines is 2. The Morgan fingerprint density at radius 1 is 1.37 bits per heavy atom. The summed E-state index contributed by atoms with van der Waals surface area (Å²) in [4.78, 5) is 29.7. The third kappa shape index (κ3) is 2.63. The molecule has 1 aromatic carbocycles. The Kier molecular flexibility index (Phi) is 3.33. The highest BCUT2D eigenvalue weighted by Gasteiger charge is 2.19. The maximum absolute atomic E-state index is 11.9. The average Bonchev–Trinajstić information content (AvgIpc) is 2.39. The smallest absolute Gasteiger partial charge is 0.292 e. The van der Waals surface area contributed by atoms with Gasteiger partial charge in [-0.05, 0) is 6.07 Å². The lowest BCUT2D eigenvalue weighted by atomic mass is 10.1. The highest BCUT2D eigenvalue weighted by Crippen LogP contribution is 2.25. The van der Waals surface area contributed by atoms with Crippen LogP contribution in [0.15, 0.2) is 36.8 Å². The van der Waals surface area contributed by atoms with Crippen molar-refractivity contribution in [2.75, 3.05) is 11.1 Å². The minimum atomic E-state index is -0.644. The Balaban J connectivity index is 2.30. The van der Waals surface area contributed by atoms with E-state index < -0.39 is 10.8 Å². The van der Waals surface area contributed by atoms with Crippen molar-refractivity contribution >= 4 is 23.1 Å². The number of amides is 1. The second kappa shape index (κ2) is 5.08. The lowest BCUT2D eigenvalue weighted by molar-refractivity contribution is -0.383. The van der Waals surface area contributed by atoms with Crippen LogP contribution in [0.5, 0.6) is 0 Å². The molecule has 0 unspecified atom stereocenters. The molecule has 3 N–H and O–H groups in total. The highest BCUT2D eigenvalue weighted by molar-refractivity contribution is 6.08. The van der Waals surface area contributed by atoms with E-state index in [9.17, 15) is 14.9 Å². The fourth-order valence-corrected chi connectivity index (χ4v) is 1.46. The predicted octanol–water partition coefficient (Wildman–Crippen LogP) is 1.22. The fraction of sp³-hybridized carbons (Fsp3) is 0. The molecule has 0 fully saturated rings. The van der Waals surface area contributed by atoms with Gasteiger partial charge in [0, 0.05) is 18.5 Å². The fourth-order valence-electron chi connectivity index (χ4n) is 1.46. The average molecular weight is 259 g/mol. The Hall–Kier alpha value is -3.03. The Morgan fingerprint density at radius 3 is 2.79 bits per heavy atom. The van der Waals surface area contributed by atoms with E-state index in [4.69, 9.17) is 5.73 Å². The van der Waals surface area contributed by atoms with Gasteiger partial charge in [0.15, 0.2) is 5.82 Å². The van der Waals surface area contributed by atoms with Crippen molar-refractivity contribution in [2.45, 2.75) is 0 Å². The Labute approximate surface area is 107 Å². The van der Waals surface area contributed by atoms with Gasteiger partial charge in [-0.2, -0.15) is 0 Å². The summed E-state index contributed by atoms with van der Waals surface area (Å²) in [5.41, 5.74) is 5.11. The van der Waals surface area contributed by atoms with Crippen LogP contribution in [-0.4, -0.2) is 20.8 Å². The van der Waals surface area contributed by atoms with Gasteiger partial charge in [0.05, 0.1) is 16.7 Å². The number of hydrogen-bond donors (Lipinski definition) is 2. The van der Waals surface area contributed by atoms with Crippen molar-refractivity contribution in [3.63, 3.8) is 0 Å². The number of nitro benzene ring substituents is 1. The number of carbonyl (C=O) groups excluding carboxylic acids is 1. The number of nitrogens with one attached hydrogen (secondary N) is 1. The Morgan fingerprint density at radius 2 is 2.16 bits per heavy atom. The maximum Gasteiger partial charge on any atom is 0.292 e. The van der Waals surface area contributed by atoms with Crippen molar-refractivity contribution in [1.82, 2.24) is 9.97 Å². The summed E-state index contributed by atoms with van der Waals surface area (Å²) < 4.78 is 0. The van der Waals surface area contributed by atoms with E-state index in [-0.39, 0.29) is 22.8 Å². The monoisotopic (exact) mass is 259 g/mol. The number of nitrogen functional groups attached to an aromatic ring is 1. The maximum atomic E-state index is 11.9. The van der Waals surface area contributed by atoms with Gasteiger partial charge in [0.25, 0.3) is 11.6 Å². The number of para-hydroxylation sites is 1. The lowest BCUT2D eigenvalue weighted by Gasteiger charge is -2.06. The van der Waals surface area contributed by atoms with Crippen LogP contribution in [0.4, 0.5) is 17.2 Å². The summed E-state index contributed by atoms with van der Waals surface area (Å²) in [5.74, 6) is -0.347. The Bertz CT molecular complexity index is 629. The molecule has 1 aromatic heterocycles. The zero-order chi connectivity index (χ0) is 13.8. The molecule has 0 saturated heterocycles. The van der Waals surface area contributed by atoms with Crippen LogP contribution in [0.1, 0.15) is 10.4 Å². The van der Waals surface area contributed by atoms with E-state index in [1.54, 1.807) is 0 Å². The number of benzene rings is 1. The molecule has 96 valence electrons. The number of rotatable bonds is 3. The van der Waals surface area contributed by atoms with Crippen LogP contribution in [0.25, 0.3) is 0 Å². The van der Waals surface area contributed by atoms with Crippen LogP contribution in [0.2, 0.25) is 0 Å². The SMILES string of the molecule is Nc1c(C(=O)Nc2cnccn2)cccc1[N+](=O)[O-]. The molecule has 2 aromatic rings. The summed E-state index contributed by atoms with van der Waals surface area (Å²) in [6.45, 7) is 0. The zero-order valence-corrected chi connectivity index (χ0v) is 9.61.